The first-order valence-corrected chi connectivity index (χ1v) is 7.95. The number of nitrogens with one attached hydrogen (secondary N) is 1. The average Bonchev–Trinajstić information content (AvgIpc) is 3.20. The zero-order valence-electron chi connectivity index (χ0n) is 13.8. The standard InChI is InChI=1S/C17H17FN2O5/c1-3-12-19-13(17(22)23-4-2)16(25-12)20-15(21)11-8-9-6-5-7-10(18)14(9)24-11/h5-7,11H,3-4,8H2,1-2H3,(H,20,21). The molecule has 1 amide bonds. The Morgan fingerprint density at radius 3 is 2.88 bits per heavy atom. The molecule has 0 radical (unpaired) electrons. The molecule has 1 N–H and O–H groups in total. The van der Waals surface area contributed by atoms with Crippen LogP contribution < -0.4 is 10.1 Å². The van der Waals surface area contributed by atoms with Gasteiger partial charge < -0.3 is 13.9 Å². The van der Waals surface area contributed by atoms with Crippen molar-refractivity contribution in [1.82, 2.24) is 4.98 Å². The van der Waals surface area contributed by atoms with Crippen molar-refractivity contribution in [2.24, 2.45) is 0 Å². The lowest BCUT2D eigenvalue weighted by molar-refractivity contribution is -0.122. The van der Waals surface area contributed by atoms with Gasteiger partial charge in [0.25, 0.3) is 5.91 Å². The Bertz CT molecular complexity index is 817. The van der Waals surface area contributed by atoms with E-state index in [0.717, 1.165) is 0 Å². The van der Waals surface area contributed by atoms with Crippen LogP contribution in [0.2, 0.25) is 0 Å². The van der Waals surface area contributed by atoms with Crippen LogP contribution in [0.5, 0.6) is 5.75 Å². The molecule has 7 nitrogen and oxygen atoms in total. The predicted octanol–water partition coefficient (Wildman–Crippen LogP) is 2.50. The lowest BCUT2D eigenvalue weighted by Gasteiger charge is -2.10. The summed E-state index contributed by atoms with van der Waals surface area (Å²) in [7, 11) is 0. The number of para-hydroxylation sites is 1. The van der Waals surface area contributed by atoms with Crippen LogP contribution in [0.4, 0.5) is 10.3 Å². The number of halogens is 1. The number of ether oxygens (including phenoxy) is 2. The van der Waals surface area contributed by atoms with Crippen LogP contribution >= 0.6 is 0 Å². The van der Waals surface area contributed by atoms with E-state index in [1.54, 1.807) is 26.0 Å². The van der Waals surface area contributed by atoms with Crippen molar-refractivity contribution in [3.63, 3.8) is 0 Å². The van der Waals surface area contributed by atoms with E-state index < -0.39 is 23.8 Å². The van der Waals surface area contributed by atoms with Gasteiger partial charge in [-0.15, -0.1) is 0 Å². The molecule has 0 spiro atoms. The van der Waals surface area contributed by atoms with Gasteiger partial charge in [-0.05, 0) is 13.0 Å². The van der Waals surface area contributed by atoms with E-state index in [9.17, 15) is 14.0 Å². The predicted molar refractivity (Wildman–Crippen MR) is 85.0 cm³/mol. The van der Waals surface area contributed by atoms with E-state index in [-0.39, 0.29) is 30.4 Å². The van der Waals surface area contributed by atoms with Gasteiger partial charge in [-0.1, -0.05) is 19.1 Å². The SMILES string of the molecule is CCOC(=O)c1nc(CC)oc1NC(=O)C1Cc2cccc(F)c2O1. The molecule has 1 atom stereocenters. The summed E-state index contributed by atoms with van der Waals surface area (Å²) < 4.78 is 29.4. The first-order chi connectivity index (χ1) is 12.0. The van der Waals surface area contributed by atoms with Gasteiger partial charge in [-0.25, -0.2) is 14.2 Å². The molecule has 132 valence electrons. The number of aromatic nitrogens is 1. The molecule has 0 saturated carbocycles. The molecule has 0 aliphatic carbocycles. The molecular formula is C17H17FN2O5. The van der Waals surface area contributed by atoms with Crippen molar-refractivity contribution in [2.75, 3.05) is 11.9 Å². The highest BCUT2D eigenvalue weighted by molar-refractivity contribution is 6.00. The number of hydrogen-bond acceptors (Lipinski definition) is 6. The zero-order valence-corrected chi connectivity index (χ0v) is 13.8. The molecular weight excluding hydrogens is 331 g/mol. The number of fused-ring (bicyclic) bond motifs is 1. The number of rotatable bonds is 5. The van der Waals surface area contributed by atoms with Crippen LogP contribution in [0.3, 0.4) is 0 Å². The summed E-state index contributed by atoms with van der Waals surface area (Å²) >= 11 is 0. The molecule has 25 heavy (non-hydrogen) atoms. The monoisotopic (exact) mass is 348 g/mol. The summed E-state index contributed by atoms with van der Waals surface area (Å²) in [4.78, 5) is 28.4. The minimum absolute atomic E-state index is 0.0695. The Labute approximate surface area is 143 Å². The summed E-state index contributed by atoms with van der Waals surface area (Å²) in [6.07, 6.45) is -0.251. The van der Waals surface area contributed by atoms with Gasteiger partial charge in [0.15, 0.2) is 23.6 Å². The Hall–Kier alpha value is -2.90. The fraction of sp³-hybridized carbons (Fsp3) is 0.353. The molecule has 1 aromatic carbocycles. The summed E-state index contributed by atoms with van der Waals surface area (Å²) in [5, 5.41) is 2.48. The summed E-state index contributed by atoms with van der Waals surface area (Å²) in [5.74, 6) is -1.50. The minimum atomic E-state index is -0.919. The van der Waals surface area contributed by atoms with Gasteiger partial charge >= 0.3 is 5.97 Å². The average molecular weight is 348 g/mol. The van der Waals surface area contributed by atoms with Crippen molar-refractivity contribution in [2.45, 2.75) is 32.8 Å². The topological polar surface area (TPSA) is 90.7 Å². The zero-order chi connectivity index (χ0) is 18.0. The smallest absolute Gasteiger partial charge is 0.362 e. The van der Waals surface area contributed by atoms with Crippen LogP contribution in [0.25, 0.3) is 0 Å². The fourth-order valence-corrected chi connectivity index (χ4v) is 2.51. The van der Waals surface area contributed by atoms with E-state index in [1.165, 1.54) is 6.07 Å². The maximum Gasteiger partial charge on any atom is 0.362 e. The first-order valence-electron chi connectivity index (χ1n) is 7.95. The normalized spacial score (nSPS) is 15.4. The molecule has 2 aromatic rings. The molecule has 8 heteroatoms. The van der Waals surface area contributed by atoms with Crippen molar-refractivity contribution in [1.29, 1.82) is 0 Å². The van der Waals surface area contributed by atoms with Crippen molar-refractivity contribution in [3.8, 4) is 5.75 Å². The molecule has 1 aliphatic rings. The second-order valence-corrected chi connectivity index (χ2v) is 5.39. The Morgan fingerprint density at radius 2 is 2.20 bits per heavy atom. The van der Waals surface area contributed by atoms with Crippen LogP contribution in [-0.4, -0.2) is 29.6 Å². The number of hydrogen-bond donors (Lipinski definition) is 1. The highest BCUT2D eigenvalue weighted by Crippen LogP contribution is 2.32. The third-order valence-electron chi connectivity index (χ3n) is 3.69. The molecule has 2 heterocycles. The lowest BCUT2D eigenvalue weighted by Crippen LogP contribution is -2.32. The molecule has 3 rings (SSSR count). The van der Waals surface area contributed by atoms with E-state index in [4.69, 9.17) is 13.9 Å². The van der Waals surface area contributed by atoms with Gasteiger partial charge in [0, 0.05) is 18.4 Å². The Morgan fingerprint density at radius 1 is 1.40 bits per heavy atom. The quantitative estimate of drug-likeness (QED) is 0.835. The van der Waals surface area contributed by atoms with E-state index >= 15 is 0 Å². The third kappa shape index (κ3) is 3.33. The fourth-order valence-electron chi connectivity index (χ4n) is 2.51. The number of amides is 1. The number of nitrogens with zero attached hydrogens (tertiary/aromatic N) is 1. The number of aryl methyl sites for hydroxylation is 1. The van der Waals surface area contributed by atoms with Crippen LogP contribution in [0, 0.1) is 5.82 Å². The van der Waals surface area contributed by atoms with Crippen molar-refractivity contribution in [3.05, 3.63) is 41.2 Å². The minimum Gasteiger partial charge on any atom is -0.477 e. The Balaban J connectivity index is 1.77. The molecule has 1 aliphatic heterocycles. The number of anilines is 1. The number of oxazole rings is 1. The van der Waals surface area contributed by atoms with Crippen LogP contribution in [0.15, 0.2) is 22.6 Å². The van der Waals surface area contributed by atoms with Gasteiger partial charge in [0.05, 0.1) is 6.61 Å². The van der Waals surface area contributed by atoms with E-state index in [1.807, 2.05) is 0 Å². The largest absolute Gasteiger partial charge is 0.477 e. The molecule has 1 unspecified atom stereocenters. The van der Waals surface area contributed by atoms with Gasteiger partial charge in [-0.2, -0.15) is 0 Å². The van der Waals surface area contributed by atoms with Gasteiger partial charge in [0.2, 0.25) is 11.6 Å². The Kier molecular flexibility index (Phi) is 4.69. The second-order valence-electron chi connectivity index (χ2n) is 5.39. The first kappa shape index (κ1) is 16.9. The van der Waals surface area contributed by atoms with Gasteiger partial charge in [-0.3, -0.25) is 10.1 Å². The summed E-state index contributed by atoms with van der Waals surface area (Å²) in [6, 6.07) is 4.52. The number of carbonyl (C=O) groups excluding carboxylic acids is 2. The molecule has 0 bridgehead atoms. The molecule has 0 saturated heterocycles. The highest BCUT2D eigenvalue weighted by atomic mass is 19.1. The number of esters is 1. The summed E-state index contributed by atoms with van der Waals surface area (Å²) in [5.41, 5.74) is 0.506. The second kappa shape index (κ2) is 6.92. The molecule has 0 fully saturated rings. The van der Waals surface area contributed by atoms with E-state index in [0.29, 0.717) is 17.9 Å². The van der Waals surface area contributed by atoms with Crippen molar-refractivity contribution < 1.29 is 27.9 Å². The number of carbonyl (C=O) groups is 2. The molecule has 1 aromatic heterocycles. The number of benzene rings is 1. The maximum absolute atomic E-state index is 13.7. The highest BCUT2D eigenvalue weighted by Gasteiger charge is 2.33. The van der Waals surface area contributed by atoms with E-state index in [2.05, 4.69) is 10.3 Å². The van der Waals surface area contributed by atoms with Gasteiger partial charge in [0.1, 0.15) is 0 Å². The lowest BCUT2D eigenvalue weighted by atomic mass is 10.1. The van der Waals surface area contributed by atoms with Crippen molar-refractivity contribution >= 4 is 17.8 Å². The third-order valence-corrected chi connectivity index (χ3v) is 3.69. The summed E-state index contributed by atoms with van der Waals surface area (Å²) in [6.45, 7) is 3.63. The maximum atomic E-state index is 13.7. The van der Waals surface area contributed by atoms with Crippen LogP contribution in [-0.2, 0) is 22.4 Å². The van der Waals surface area contributed by atoms with Crippen LogP contribution in [0.1, 0.15) is 35.8 Å².